The number of carbonyl (C=O) groups is 1. The number of amides is 2. The van der Waals surface area contributed by atoms with Crippen molar-refractivity contribution in [2.45, 2.75) is 6.04 Å². The van der Waals surface area contributed by atoms with Crippen LogP contribution in [0.5, 0.6) is 0 Å². The monoisotopic (exact) mass is 265 g/mol. The fourth-order valence-electron chi connectivity index (χ4n) is 2.38. The molecule has 0 saturated carbocycles. The molecular formula is C14H20FN3O. The standard InChI is InChI=1S/C14H20FN3O/c1-16(2)14(19)18-9-8-17(3)13(10-18)11-4-6-12(15)7-5-11/h4-7,13H,8-10H2,1-3H3. The van der Waals surface area contributed by atoms with Gasteiger partial charge in [0.2, 0.25) is 0 Å². The minimum Gasteiger partial charge on any atom is -0.331 e. The van der Waals surface area contributed by atoms with Crippen molar-refractivity contribution in [3.8, 4) is 0 Å². The smallest absolute Gasteiger partial charge is 0.319 e. The molecule has 0 bridgehead atoms. The molecule has 104 valence electrons. The summed E-state index contributed by atoms with van der Waals surface area (Å²) in [5, 5.41) is 0. The average molecular weight is 265 g/mol. The van der Waals surface area contributed by atoms with Crippen molar-refractivity contribution in [1.82, 2.24) is 14.7 Å². The van der Waals surface area contributed by atoms with E-state index in [2.05, 4.69) is 4.90 Å². The Kier molecular flexibility index (Phi) is 4.04. The van der Waals surface area contributed by atoms with E-state index in [0.717, 1.165) is 18.7 Å². The lowest BCUT2D eigenvalue weighted by Gasteiger charge is -2.40. The first kappa shape index (κ1) is 13.8. The molecule has 2 amide bonds. The summed E-state index contributed by atoms with van der Waals surface area (Å²) in [7, 11) is 5.55. The molecule has 0 aliphatic carbocycles. The fraction of sp³-hybridized carbons (Fsp3) is 0.500. The highest BCUT2D eigenvalue weighted by Gasteiger charge is 2.28. The largest absolute Gasteiger partial charge is 0.331 e. The van der Waals surface area contributed by atoms with Crippen LogP contribution in [0, 0.1) is 5.82 Å². The van der Waals surface area contributed by atoms with Gasteiger partial charge in [-0.2, -0.15) is 0 Å². The molecule has 2 rings (SSSR count). The molecule has 1 aromatic rings. The summed E-state index contributed by atoms with van der Waals surface area (Å²) < 4.78 is 13.0. The number of benzene rings is 1. The Labute approximate surface area is 113 Å². The van der Waals surface area contributed by atoms with E-state index in [1.807, 2.05) is 11.9 Å². The van der Waals surface area contributed by atoms with Gasteiger partial charge in [0, 0.05) is 33.7 Å². The van der Waals surface area contributed by atoms with Crippen molar-refractivity contribution in [2.75, 3.05) is 40.8 Å². The molecule has 1 fully saturated rings. The molecule has 1 aliphatic rings. The lowest BCUT2D eigenvalue weighted by Crippen LogP contribution is -2.51. The van der Waals surface area contributed by atoms with Crippen LogP contribution >= 0.6 is 0 Å². The third kappa shape index (κ3) is 3.04. The summed E-state index contributed by atoms with van der Waals surface area (Å²) in [6.07, 6.45) is 0. The zero-order chi connectivity index (χ0) is 14.0. The van der Waals surface area contributed by atoms with Crippen molar-refractivity contribution in [3.63, 3.8) is 0 Å². The van der Waals surface area contributed by atoms with Gasteiger partial charge in [0.25, 0.3) is 0 Å². The van der Waals surface area contributed by atoms with E-state index in [9.17, 15) is 9.18 Å². The molecule has 5 heteroatoms. The van der Waals surface area contributed by atoms with Gasteiger partial charge in [0.15, 0.2) is 0 Å². The van der Waals surface area contributed by atoms with E-state index < -0.39 is 0 Å². The minimum absolute atomic E-state index is 0.0280. The van der Waals surface area contributed by atoms with Crippen LogP contribution in [0.2, 0.25) is 0 Å². The van der Waals surface area contributed by atoms with E-state index in [4.69, 9.17) is 0 Å². The molecule has 0 spiro atoms. The van der Waals surface area contributed by atoms with Gasteiger partial charge >= 0.3 is 6.03 Å². The van der Waals surface area contributed by atoms with E-state index >= 15 is 0 Å². The second kappa shape index (κ2) is 5.57. The molecule has 0 N–H and O–H groups in total. The third-order valence-corrected chi connectivity index (χ3v) is 3.56. The number of halogens is 1. The number of piperazine rings is 1. The van der Waals surface area contributed by atoms with Gasteiger partial charge in [0.1, 0.15) is 5.82 Å². The summed E-state index contributed by atoms with van der Waals surface area (Å²) in [5.41, 5.74) is 1.04. The number of hydrogen-bond acceptors (Lipinski definition) is 2. The van der Waals surface area contributed by atoms with Gasteiger partial charge in [-0.25, -0.2) is 9.18 Å². The second-order valence-electron chi connectivity index (χ2n) is 5.17. The third-order valence-electron chi connectivity index (χ3n) is 3.56. The number of carbonyl (C=O) groups excluding carboxylic acids is 1. The normalized spacial score (nSPS) is 20.4. The Balaban J connectivity index is 2.14. The highest BCUT2D eigenvalue weighted by atomic mass is 19.1. The molecule has 4 nitrogen and oxygen atoms in total. The Morgan fingerprint density at radius 2 is 1.89 bits per heavy atom. The quantitative estimate of drug-likeness (QED) is 0.774. The number of nitrogens with zero attached hydrogens (tertiary/aromatic N) is 3. The van der Waals surface area contributed by atoms with Crippen LogP contribution in [0.25, 0.3) is 0 Å². The zero-order valence-electron chi connectivity index (χ0n) is 11.6. The lowest BCUT2D eigenvalue weighted by atomic mass is 10.0. The molecule has 1 aliphatic heterocycles. The maximum atomic E-state index is 13.0. The van der Waals surface area contributed by atoms with Crippen LogP contribution in [-0.2, 0) is 0 Å². The van der Waals surface area contributed by atoms with Crippen molar-refractivity contribution in [3.05, 3.63) is 35.6 Å². The summed E-state index contributed by atoms with van der Waals surface area (Å²) in [5.74, 6) is -0.233. The number of hydrogen-bond donors (Lipinski definition) is 0. The van der Waals surface area contributed by atoms with Crippen molar-refractivity contribution in [2.24, 2.45) is 0 Å². The van der Waals surface area contributed by atoms with Crippen molar-refractivity contribution in [1.29, 1.82) is 0 Å². The molecule has 1 aromatic carbocycles. The van der Waals surface area contributed by atoms with Gasteiger partial charge in [-0.3, -0.25) is 4.90 Å². The first-order valence-corrected chi connectivity index (χ1v) is 6.41. The predicted molar refractivity (Wildman–Crippen MR) is 72.4 cm³/mol. The minimum atomic E-state index is -0.233. The van der Waals surface area contributed by atoms with Gasteiger partial charge in [-0.1, -0.05) is 12.1 Å². The zero-order valence-corrected chi connectivity index (χ0v) is 11.6. The molecule has 0 radical (unpaired) electrons. The Morgan fingerprint density at radius 3 is 2.47 bits per heavy atom. The summed E-state index contributed by atoms with van der Waals surface area (Å²) in [4.78, 5) is 17.6. The van der Waals surface area contributed by atoms with Crippen LogP contribution < -0.4 is 0 Å². The summed E-state index contributed by atoms with van der Waals surface area (Å²) in [6, 6.07) is 6.67. The summed E-state index contributed by atoms with van der Waals surface area (Å²) >= 11 is 0. The topological polar surface area (TPSA) is 26.8 Å². The van der Waals surface area contributed by atoms with E-state index in [1.54, 1.807) is 31.1 Å². The predicted octanol–water partition coefficient (Wildman–Crippen LogP) is 1.80. The first-order chi connectivity index (χ1) is 8.99. The van der Waals surface area contributed by atoms with Crippen molar-refractivity contribution < 1.29 is 9.18 Å². The molecule has 1 saturated heterocycles. The van der Waals surface area contributed by atoms with Gasteiger partial charge in [-0.05, 0) is 24.7 Å². The number of urea groups is 1. The molecular weight excluding hydrogens is 245 g/mol. The van der Waals surface area contributed by atoms with E-state index in [1.165, 1.54) is 12.1 Å². The molecule has 0 aromatic heterocycles. The fourth-order valence-corrected chi connectivity index (χ4v) is 2.38. The number of likely N-dealkylation sites (N-methyl/N-ethyl adjacent to an activating group) is 1. The van der Waals surface area contributed by atoms with Crippen LogP contribution in [-0.4, -0.2) is 61.5 Å². The average Bonchev–Trinajstić information content (AvgIpc) is 2.39. The number of rotatable bonds is 1. The SMILES string of the molecule is CN(C)C(=O)N1CCN(C)C(c2ccc(F)cc2)C1. The summed E-state index contributed by atoms with van der Waals surface area (Å²) in [6.45, 7) is 2.19. The lowest BCUT2D eigenvalue weighted by molar-refractivity contribution is 0.0974. The Bertz CT molecular complexity index is 447. The molecule has 1 atom stereocenters. The van der Waals surface area contributed by atoms with Crippen LogP contribution in [0.4, 0.5) is 9.18 Å². The highest BCUT2D eigenvalue weighted by Crippen LogP contribution is 2.24. The van der Waals surface area contributed by atoms with Gasteiger partial charge in [-0.15, -0.1) is 0 Å². The Morgan fingerprint density at radius 1 is 1.26 bits per heavy atom. The highest BCUT2D eigenvalue weighted by molar-refractivity contribution is 5.74. The van der Waals surface area contributed by atoms with Gasteiger partial charge in [0.05, 0.1) is 6.04 Å². The van der Waals surface area contributed by atoms with Crippen molar-refractivity contribution >= 4 is 6.03 Å². The van der Waals surface area contributed by atoms with Crippen LogP contribution in [0.15, 0.2) is 24.3 Å². The second-order valence-corrected chi connectivity index (χ2v) is 5.17. The molecule has 1 heterocycles. The maximum Gasteiger partial charge on any atom is 0.319 e. The Hall–Kier alpha value is -1.62. The van der Waals surface area contributed by atoms with Crippen LogP contribution in [0.3, 0.4) is 0 Å². The maximum absolute atomic E-state index is 13.0. The molecule has 1 unspecified atom stereocenters. The van der Waals surface area contributed by atoms with E-state index in [0.29, 0.717) is 6.54 Å². The molecule has 19 heavy (non-hydrogen) atoms. The van der Waals surface area contributed by atoms with Crippen LogP contribution in [0.1, 0.15) is 11.6 Å². The van der Waals surface area contributed by atoms with Gasteiger partial charge < -0.3 is 9.80 Å². The first-order valence-electron chi connectivity index (χ1n) is 6.41. The van der Waals surface area contributed by atoms with E-state index in [-0.39, 0.29) is 17.9 Å².